The second kappa shape index (κ2) is 8.43. The van der Waals surface area contributed by atoms with Gasteiger partial charge in [0.15, 0.2) is 11.5 Å². The van der Waals surface area contributed by atoms with Gasteiger partial charge in [0, 0.05) is 12.0 Å². The van der Waals surface area contributed by atoms with Gasteiger partial charge in [-0.05, 0) is 42.1 Å². The van der Waals surface area contributed by atoms with E-state index in [1.165, 1.54) is 18.7 Å². The molecule has 0 saturated carbocycles. The highest BCUT2D eigenvalue weighted by molar-refractivity contribution is 7.98. The quantitative estimate of drug-likeness (QED) is 0.486. The van der Waals surface area contributed by atoms with Crippen molar-refractivity contribution >= 4 is 23.4 Å². The molecule has 0 radical (unpaired) electrons. The molecule has 1 aliphatic heterocycles. The summed E-state index contributed by atoms with van der Waals surface area (Å²) >= 11 is 1.32. The molecule has 1 amide bonds. The van der Waals surface area contributed by atoms with E-state index in [2.05, 4.69) is 10.1 Å². The van der Waals surface area contributed by atoms with Gasteiger partial charge >= 0.3 is 11.3 Å². The number of fused-ring (bicyclic) bond motifs is 3. The molecule has 0 saturated heterocycles. The van der Waals surface area contributed by atoms with Gasteiger partial charge < -0.3 is 9.47 Å². The number of nitrogens with one attached hydrogen (secondary N) is 1. The number of hydrogen-bond acceptors (Lipinski definition) is 6. The Morgan fingerprint density at radius 1 is 1.26 bits per heavy atom. The van der Waals surface area contributed by atoms with Crippen LogP contribution in [0, 0.1) is 0 Å². The average molecular weight is 440 g/mol. The number of benzene rings is 2. The normalized spacial score (nSPS) is 14.6. The van der Waals surface area contributed by atoms with Crippen LogP contribution in [-0.2, 0) is 4.79 Å². The number of para-hydroxylation sites is 2. The molecule has 9 heteroatoms. The first-order valence-corrected chi connectivity index (χ1v) is 11.0. The summed E-state index contributed by atoms with van der Waals surface area (Å²) in [5.74, 6) is 0.861. The van der Waals surface area contributed by atoms with E-state index in [-0.39, 0.29) is 11.5 Å². The van der Waals surface area contributed by atoms with Gasteiger partial charge in [-0.15, -0.1) is 0 Å². The average Bonchev–Trinajstić information content (AvgIpc) is 2.77. The Bertz CT molecular complexity index is 1210. The number of hydrogen-bond donors (Lipinski definition) is 1. The highest BCUT2D eigenvalue weighted by Gasteiger charge is 2.46. The molecule has 2 heterocycles. The number of anilines is 1. The number of carbonyl (C=O) groups is 1. The summed E-state index contributed by atoms with van der Waals surface area (Å²) in [6.45, 7) is 3.85. The van der Waals surface area contributed by atoms with Crippen LogP contribution < -0.4 is 24.6 Å². The molecule has 3 aromatic rings. The van der Waals surface area contributed by atoms with Gasteiger partial charge in [-0.2, -0.15) is 0 Å². The van der Waals surface area contributed by atoms with Gasteiger partial charge in [0.1, 0.15) is 0 Å². The molecule has 1 aromatic heterocycles. The van der Waals surface area contributed by atoms with Crippen molar-refractivity contribution in [3.8, 4) is 22.8 Å². The van der Waals surface area contributed by atoms with E-state index in [0.717, 1.165) is 0 Å². The molecular weight excluding hydrogens is 416 g/mol. The van der Waals surface area contributed by atoms with E-state index in [1.807, 2.05) is 55.6 Å². The lowest BCUT2D eigenvalue weighted by Crippen LogP contribution is -2.60. The summed E-state index contributed by atoms with van der Waals surface area (Å²) in [7, 11) is 1.56. The molecule has 160 valence electrons. The van der Waals surface area contributed by atoms with Gasteiger partial charge in [-0.1, -0.05) is 30.0 Å². The lowest BCUT2D eigenvalue weighted by atomic mass is 10.0. The summed E-state index contributed by atoms with van der Waals surface area (Å²) in [5.41, 5.74) is 2.03. The van der Waals surface area contributed by atoms with E-state index < -0.39 is 6.17 Å². The lowest BCUT2D eigenvalue weighted by molar-refractivity contribution is -0.763. The van der Waals surface area contributed by atoms with Crippen LogP contribution in [0.15, 0.2) is 52.4 Å². The van der Waals surface area contributed by atoms with Crippen LogP contribution in [0.1, 0.15) is 25.6 Å². The zero-order valence-electron chi connectivity index (χ0n) is 17.7. The smallest absolute Gasteiger partial charge is 0.325 e. The van der Waals surface area contributed by atoms with Crippen molar-refractivity contribution in [3.05, 3.63) is 58.4 Å². The van der Waals surface area contributed by atoms with E-state index in [9.17, 15) is 9.59 Å². The summed E-state index contributed by atoms with van der Waals surface area (Å²) in [4.78, 5) is 30.5. The maximum absolute atomic E-state index is 13.1. The monoisotopic (exact) mass is 439 g/mol. The number of aromatic amines is 1. The van der Waals surface area contributed by atoms with E-state index in [1.54, 1.807) is 16.7 Å². The molecule has 0 aliphatic carbocycles. The zero-order valence-corrected chi connectivity index (χ0v) is 18.5. The Morgan fingerprint density at radius 2 is 2.03 bits per heavy atom. The highest BCUT2D eigenvalue weighted by Crippen LogP contribution is 2.42. The molecule has 0 spiro atoms. The second-order valence-electron chi connectivity index (χ2n) is 6.85. The summed E-state index contributed by atoms with van der Waals surface area (Å²) in [5, 5.41) is 5.11. The molecule has 2 aromatic carbocycles. The van der Waals surface area contributed by atoms with Gasteiger partial charge in [-0.3, -0.25) is 14.6 Å². The summed E-state index contributed by atoms with van der Waals surface area (Å²) < 4.78 is 13.1. The zero-order chi connectivity index (χ0) is 22.1. The maximum atomic E-state index is 13.1. The first-order valence-electron chi connectivity index (χ1n) is 9.80. The van der Waals surface area contributed by atoms with Crippen molar-refractivity contribution < 1.29 is 19.0 Å². The number of carbonyl (C=O) groups excluding carboxylic acids is 1. The molecule has 8 nitrogen and oxygen atoms in total. The first kappa shape index (κ1) is 20.9. The molecule has 31 heavy (non-hydrogen) atoms. The topological polar surface area (TPSA) is 88.4 Å². The van der Waals surface area contributed by atoms with E-state index in [0.29, 0.717) is 45.8 Å². The number of nitrogens with zero attached hydrogens (tertiary/aromatic N) is 3. The minimum Gasteiger partial charge on any atom is -0.492 e. The van der Waals surface area contributed by atoms with Crippen LogP contribution in [0.2, 0.25) is 0 Å². The largest absolute Gasteiger partial charge is 0.492 e. The van der Waals surface area contributed by atoms with Gasteiger partial charge in [0.2, 0.25) is 11.1 Å². The van der Waals surface area contributed by atoms with Gasteiger partial charge in [-0.25, -0.2) is 4.90 Å². The minimum atomic E-state index is -0.731. The predicted octanol–water partition coefficient (Wildman–Crippen LogP) is 2.77. The van der Waals surface area contributed by atoms with Crippen molar-refractivity contribution in [1.29, 1.82) is 0 Å². The minimum absolute atomic E-state index is 0.188. The fourth-order valence-corrected chi connectivity index (χ4v) is 4.27. The standard InChI is InChI=1S/C22H22N4O4S/c1-5-30-17-12-8-10-15(19(17)29-3)21-25(13(2)27)16-11-7-6-9-14(16)18-20(28)23-22(31-4)24-26(18)21/h6-12,21H,5H2,1-4H3/p+1/t21-/m1/s1. The SMILES string of the molecule is CCOc1cccc([C@@H]2N(C(C)=O)c3ccccc3-c3c(=O)[nH]c(SC)n[n+]32)c1OC. The Kier molecular flexibility index (Phi) is 5.69. The fraction of sp³-hybridized carbons (Fsp3) is 0.273. The van der Waals surface area contributed by atoms with Crippen LogP contribution >= 0.6 is 11.8 Å². The van der Waals surface area contributed by atoms with Crippen molar-refractivity contribution in [1.82, 2.24) is 10.1 Å². The fourth-order valence-electron chi connectivity index (χ4n) is 3.91. The molecule has 1 aliphatic rings. The van der Waals surface area contributed by atoms with Crippen LogP contribution in [0.4, 0.5) is 5.69 Å². The van der Waals surface area contributed by atoms with Crippen LogP contribution in [0.5, 0.6) is 11.5 Å². The molecule has 1 N–H and O–H groups in total. The summed E-state index contributed by atoms with van der Waals surface area (Å²) in [6.07, 6.45) is 1.10. The number of aromatic nitrogens is 3. The van der Waals surface area contributed by atoms with Crippen LogP contribution in [0.25, 0.3) is 11.3 Å². The maximum Gasteiger partial charge on any atom is 0.325 e. The number of rotatable bonds is 5. The third kappa shape index (κ3) is 3.44. The Labute approximate surface area is 183 Å². The van der Waals surface area contributed by atoms with Gasteiger partial charge in [0.05, 0.1) is 30.5 Å². The van der Waals surface area contributed by atoms with Crippen molar-refractivity contribution in [2.45, 2.75) is 25.2 Å². The molecule has 0 fully saturated rings. The third-order valence-electron chi connectivity index (χ3n) is 5.08. The number of ether oxygens (including phenoxy) is 2. The van der Waals surface area contributed by atoms with E-state index in [4.69, 9.17) is 9.47 Å². The van der Waals surface area contributed by atoms with Gasteiger partial charge in [0.25, 0.3) is 6.17 Å². The molecule has 4 rings (SSSR count). The number of methoxy groups -OCH3 is 1. The van der Waals surface area contributed by atoms with Crippen molar-refractivity contribution in [2.24, 2.45) is 0 Å². The second-order valence-corrected chi connectivity index (χ2v) is 7.64. The predicted molar refractivity (Wildman–Crippen MR) is 118 cm³/mol. The Balaban J connectivity index is 2.10. The van der Waals surface area contributed by atoms with Crippen LogP contribution in [-0.4, -0.2) is 36.0 Å². The molecule has 0 unspecified atom stereocenters. The number of H-pyrrole nitrogens is 1. The third-order valence-corrected chi connectivity index (χ3v) is 5.65. The lowest BCUT2D eigenvalue weighted by Gasteiger charge is -2.32. The van der Waals surface area contributed by atoms with E-state index >= 15 is 0 Å². The van der Waals surface area contributed by atoms with Crippen LogP contribution in [0.3, 0.4) is 0 Å². The Morgan fingerprint density at radius 3 is 2.71 bits per heavy atom. The highest BCUT2D eigenvalue weighted by atomic mass is 32.2. The number of thioether (sulfide) groups is 1. The van der Waals surface area contributed by atoms with Crippen molar-refractivity contribution in [2.75, 3.05) is 24.9 Å². The molecule has 1 atom stereocenters. The molecule has 0 bridgehead atoms. The summed E-state index contributed by atoms with van der Waals surface area (Å²) in [6, 6.07) is 12.8. The number of amides is 1. The Hall–Kier alpha value is -3.33. The molecular formula is C22H23N4O4S+. The first-order chi connectivity index (χ1) is 15.0. The van der Waals surface area contributed by atoms with Crippen molar-refractivity contribution in [3.63, 3.8) is 0 Å².